The van der Waals surface area contributed by atoms with Gasteiger partial charge in [-0.1, -0.05) is 19.4 Å². The quantitative estimate of drug-likeness (QED) is 0.563. The predicted octanol–water partition coefficient (Wildman–Crippen LogP) is 4.88. The molecule has 0 N–H and O–H groups in total. The summed E-state index contributed by atoms with van der Waals surface area (Å²) in [4.78, 5) is 12.8. The first-order chi connectivity index (χ1) is 14.7. The number of hydrogen-bond acceptors (Lipinski definition) is 6. The van der Waals surface area contributed by atoms with Crippen molar-refractivity contribution in [2.45, 2.75) is 26.4 Å². The fourth-order valence-electron chi connectivity index (χ4n) is 4.42. The molecule has 154 valence electrons. The molecule has 2 aliphatic heterocycles. The van der Waals surface area contributed by atoms with Crippen molar-refractivity contribution in [3.63, 3.8) is 0 Å². The van der Waals surface area contributed by atoms with Gasteiger partial charge in [0, 0.05) is 11.1 Å². The molecule has 0 aromatic heterocycles. The number of esters is 1. The molecule has 5 rings (SSSR count). The number of aryl methyl sites for hydroxylation is 1. The Kier molecular flexibility index (Phi) is 4.42. The molecular weight excluding hydrogens is 384 g/mol. The van der Waals surface area contributed by atoms with E-state index in [4.69, 9.17) is 23.7 Å². The standard InChI is InChI=1S/C24H22O6/c1-4-5-14-15-9-19(26-2)20(27-3)10-16(15)22(23-17(14)11-28-24(23)25)13-6-7-18-21(8-13)30-12-29-18/h6-10H,4-5,11-12H2,1-3H3. The van der Waals surface area contributed by atoms with Crippen LogP contribution in [0.5, 0.6) is 23.0 Å². The Hall–Kier alpha value is -3.41. The first kappa shape index (κ1) is 18.6. The van der Waals surface area contributed by atoms with Crippen molar-refractivity contribution in [3.05, 3.63) is 47.0 Å². The number of cyclic esters (lactones) is 1. The van der Waals surface area contributed by atoms with Crippen molar-refractivity contribution in [2.24, 2.45) is 0 Å². The van der Waals surface area contributed by atoms with Crippen molar-refractivity contribution in [1.82, 2.24) is 0 Å². The molecule has 2 aliphatic rings. The summed E-state index contributed by atoms with van der Waals surface area (Å²) < 4.78 is 27.7. The second-order valence-electron chi connectivity index (χ2n) is 7.35. The lowest BCUT2D eigenvalue weighted by Crippen LogP contribution is -2.03. The molecule has 3 aromatic carbocycles. The minimum absolute atomic E-state index is 0.195. The Morgan fingerprint density at radius 2 is 1.63 bits per heavy atom. The molecule has 0 atom stereocenters. The summed E-state index contributed by atoms with van der Waals surface area (Å²) in [6.45, 7) is 2.60. The molecule has 30 heavy (non-hydrogen) atoms. The zero-order valence-electron chi connectivity index (χ0n) is 17.2. The summed E-state index contributed by atoms with van der Waals surface area (Å²) in [7, 11) is 3.24. The van der Waals surface area contributed by atoms with E-state index in [0.29, 0.717) is 28.6 Å². The van der Waals surface area contributed by atoms with Gasteiger partial charge in [0.1, 0.15) is 6.61 Å². The van der Waals surface area contributed by atoms with E-state index in [9.17, 15) is 4.79 Å². The minimum Gasteiger partial charge on any atom is -0.493 e. The van der Waals surface area contributed by atoms with Crippen LogP contribution in [0.2, 0.25) is 0 Å². The molecule has 6 nitrogen and oxygen atoms in total. The van der Waals surface area contributed by atoms with Gasteiger partial charge in [0.05, 0.1) is 19.8 Å². The van der Waals surface area contributed by atoms with Crippen molar-refractivity contribution >= 4 is 16.7 Å². The van der Waals surface area contributed by atoms with Gasteiger partial charge in [-0.15, -0.1) is 0 Å². The third kappa shape index (κ3) is 2.67. The summed E-state index contributed by atoms with van der Waals surface area (Å²) in [6.07, 6.45) is 1.79. The summed E-state index contributed by atoms with van der Waals surface area (Å²) in [6, 6.07) is 9.68. The number of fused-ring (bicyclic) bond motifs is 3. The van der Waals surface area contributed by atoms with Crippen LogP contribution in [0.3, 0.4) is 0 Å². The Labute approximate surface area is 174 Å². The highest BCUT2D eigenvalue weighted by Gasteiger charge is 2.32. The largest absolute Gasteiger partial charge is 0.493 e. The third-order valence-electron chi connectivity index (χ3n) is 5.75. The van der Waals surface area contributed by atoms with Crippen molar-refractivity contribution in [3.8, 4) is 34.1 Å². The summed E-state index contributed by atoms with van der Waals surface area (Å²) in [5, 5.41) is 1.96. The molecule has 3 aromatic rings. The second kappa shape index (κ2) is 7.13. The molecule has 0 saturated heterocycles. The van der Waals surface area contributed by atoms with Gasteiger partial charge in [0.25, 0.3) is 0 Å². The van der Waals surface area contributed by atoms with Crippen LogP contribution in [0.1, 0.15) is 34.8 Å². The van der Waals surface area contributed by atoms with E-state index in [2.05, 4.69) is 6.92 Å². The van der Waals surface area contributed by atoms with Crippen molar-refractivity contribution < 1.29 is 28.5 Å². The van der Waals surface area contributed by atoms with E-state index in [1.54, 1.807) is 14.2 Å². The lowest BCUT2D eigenvalue weighted by atomic mass is 9.85. The Morgan fingerprint density at radius 1 is 0.900 bits per heavy atom. The van der Waals surface area contributed by atoms with Gasteiger partial charge in [-0.25, -0.2) is 4.79 Å². The molecule has 0 saturated carbocycles. The Morgan fingerprint density at radius 3 is 2.37 bits per heavy atom. The number of carbonyl (C=O) groups is 1. The van der Waals surface area contributed by atoms with E-state index in [-0.39, 0.29) is 19.4 Å². The van der Waals surface area contributed by atoms with Crippen LogP contribution < -0.4 is 18.9 Å². The lowest BCUT2D eigenvalue weighted by molar-refractivity contribution is 0.0535. The smallest absolute Gasteiger partial charge is 0.339 e. The van der Waals surface area contributed by atoms with Gasteiger partial charge in [0.15, 0.2) is 23.0 Å². The topological polar surface area (TPSA) is 63.2 Å². The Bertz CT molecular complexity index is 1180. The lowest BCUT2D eigenvalue weighted by Gasteiger charge is -2.19. The fourth-order valence-corrected chi connectivity index (χ4v) is 4.42. The van der Waals surface area contributed by atoms with Crippen LogP contribution in [0.4, 0.5) is 0 Å². The Balaban J connectivity index is 1.90. The SMILES string of the molecule is CCCc1c2c(c(-c3ccc4c(c3)OCO4)c3cc(OC)c(OC)cc13)C(=O)OC2. The average molecular weight is 406 g/mol. The molecule has 0 unspecified atom stereocenters. The van der Waals surface area contributed by atoms with Crippen LogP contribution in [-0.2, 0) is 17.8 Å². The third-order valence-corrected chi connectivity index (χ3v) is 5.75. The molecule has 0 radical (unpaired) electrons. The van der Waals surface area contributed by atoms with Gasteiger partial charge in [-0.2, -0.15) is 0 Å². The van der Waals surface area contributed by atoms with Gasteiger partial charge in [-0.3, -0.25) is 0 Å². The fraction of sp³-hybridized carbons (Fsp3) is 0.292. The van der Waals surface area contributed by atoms with E-state index in [1.807, 2.05) is 30.3 Å². The van der Waals surface area contributed by atoms with E-state index >= 15 is 0 Å². The van der Waals surface area contributed by atoms with Crippen molar-refractivity contribution in [1.29, 1.82) is 0 Å². The molecule has 0 spiro atoms. The van der Waals surface area contributed by atoms with Gasteiger partial charge in [-0.05, 0) is 52.6 Å². The van der Waals surface area contributed by atoms with Gasteiger partial charge >= 0.3 is 5.97 Å². The number of ether oxygens (including phenoxy) is 5. The average Bonchev–Trinajstić information content (AvgIpc) is 3.39. The van der Waals surface area contributed by atoms with E-state index in [0.717, 1.165) is 45.9 Å². The van der Waals surface area contributed by atoms with E-state index in [1.165, 1.54) is 0 Å². The van der Waals surface area contributed by atoms with Crippen LogP contribution in [-0.4, -0.2) is 27.0 Å². The molecule has 0 bridgehead atoms. The first-order valence-corrected chi connectivity index (χ1v) is 9.96. The summed E-state index contributed by atoms with van der Waals surface area (Å²) in [5.41, 5.74) is 4.39. The molecule has 0 amide bonds. The maximum atomic E-state index is 12.8. The molecular formula is C24H22O6. The number of benzene rings is 3. The monoisotopic (exact) mass is 406 g/mol. The van der Waals surface area contributed by atoms with Crippen LogP contribution in [0.25, 0.3) is 21.9 Å². The normalized spacial score (nSPS) is 14.0. The molecule has 6 heteroatoms. The number of rotatable bonds is 5. The van der Waals surface area contributed by atoms with Crippen molar-refractivity contribution in [2.75, 3.05) is 21.0 Å². The number of hydrogen-bond donors (Lipinski definition) is 0. The highest BCUT2D eigenvalue weighted by molar-refractivity contribution is 6.12. The zero-order valence-corrected chi connectivity index (χ0v) is 17.2. The predicted molar refractivity (Wildman–Crippen MR) is 112 cm³/mol. The zero-order chi connectivity index (χ0) is 20.8. The van der Waals surface area contributed by atoms with Crippen LogP contribution in [0, 0.1) is 0 Å². The highest BCUT2D eigenvalue weighted by atomic mass is 16.7. The highest BCUT2D eigenvalue weighted by Crippen LogP contribution is 2.46. The first-order valence-electron chi connectivity index (χ1n) is 9.96. The molecule has 2 heterocycles. The second-order valence-corrected chi connectivity index (χ2v) is 7.35. The summed E-state index contributed by atoms with van der Waals surface area (Å²) >= 11 is 0. The van der Waals surface area contributed by atoms with Gasteiger partial charge in [0.2, 0.25) is 6.79 Å². The van der Waals surface area contributed by atoms with E-state index < -0.39 is 0 Å². The maximum Gasteiger partial charge on any atom is 0.339 e. The number of carbonyl (C=O) groups excluding carboxylic acids is 1. The molecule has 0 aliphatic carbocycles. The van der Waals surface area contributed by atoms with Gasteiger partial charge < -0.3 is 23.7 Å². The van der Waals surface area contributed by atoms with Crippen LogP contribution >= 0.6 is 0 Å². The minimum atomic E-state index is -0.299. The number of methoxy groups -OCH3 is 2. The molecule has 0 fully saturated rings. The summed E-state index contributed by atoms with van der Waals surface area (Å²) in [5.74, 6) is 2.33. The van der Waals surface area contributed by atoms with Crippen LogP contribution in [0.15, 0.2) is 30.3 Å². The maximum absolute atomic E-state index is 12.8.